The fourth-order valence-electron chi connectivity index (χ4n) is 5.93. The molecule has 2 saturated carbocycles. The first-order valence-corrected chi connectivity index (χ1v) is 14.7. The van der Waals surface area contributed by atoms with Gasteiger partial charge in [-0.2, -0.15) is 13.2 Å². The zero-order chi connectivity index (χ0) is 29.9. The molecule has 0 unspecified atom stereocenters. The van der Waals surface area contributed by atoms with Crippen molar-refractivity contribution in [1.82, 2.24) is 35.3 Å². The molecule has 0 radical (unpaired) electrons. The van der Waals surface area contributed by atoms with Crippen LogP contribution in [-0.2, 0) is 11.0 Å². The highest BCUT2D eigenvalue weighted by Gasteiger charge is 2.38. The Morgan fingerprint density at radius 3 is 2.52 bits per heavy atom. The van der Waals surface area contributed by atoms with Crippen LogP contribution in [0.25, 0.3) is 11.4 Å². The van der Waals surface area contributed by atoms with Gasteiger partial charge in [0.15, 0.2) is 11.5 Å². The summed E-state index contributed by atoms with van der Waals surface area (Å²) in [5, 5.41) is 10.1. The predicted molar refractivity (Wildman–Crippen MR) is 143 cm³/mol. The third-order valence-electron chi connectivity index (χ3n) is 8.32. The van der Waals surface area contributed by atoms with E-state index in [9.17, 15) is 31.5 Å². The zero-order valence-corrected chi connectivity index (χ0v) is 23.3. The van der Waals surface area contributed by atoms with Gasteiger partial charge in [0, 0.05) is 43.2 Å². The molecule has 3 heterocycles. The Balaban J connectivity index is 1.37. The average Bonchev–Trinajstić information content (AvgIpc) is 3.59. The molecule has 2 aromatic heterocycles. The van der Waals surface area contributed by atoms with E-state index in [2.05, 4.69) is 25.7 Å². The van der Waals surface area contributed by atoms with Gasteiger partial charge in [-0.1, -0.05) is 12.8 Å². The van der Waals surface area contributed by atoms with Crippen LogP contribution in [0.15, 0.2) is 18.3 Å². The van der Waals surface area contributed by atoms with Gasteiger partial charge in [0.25, 0.3) is 11.8 Å². The molecule has 42 heavy (non-hydrogen) atoms. The van der Waals surface area contributed by atoms with Gasteiger partial charge in [0.05, 0.1) is 12.6 Å². The fraction of sp³-hybridized carbons (Fsp3) is 0.679. The van der Waals surface area contributed by atoms with E-state index in [4.69, 9.17) is 0 Å². The van der Waals surface area contributed by atoms with Crippen LogP contribution < -0.4 is 10.6 Å². The number of aromatic nitrogens is 4. The van der Waals surface area contributed by atoms with Crippen LogP contribution >= 0.6 is 0 Å². The van der Waals surface area contributed by atoms with Gasteiger partial charge in [-0.25, -0.2) is 18.4 Å². The summed E-state index contributed by atoms with van der Waals surface area (Å²) in [6.45, 7) is 0.357. The SMILES string of the molecule is O=C(C[C@H](CCN1CCCC(F)(F)C1)NC(=O)c1nc(-c2cccnc2C(F)(F)F)n(C2CCCC2)n1)NC1CCC1. The van der Waals surface area contributed by atoms with Gasteiger partial charge in [0.1, 0.15) is 0 Å². The zero-order valence-electron chi connectivity index (χ0n) is 23.3. The number of piperidine rings is 1. The summed E-state index contributed by atoms with van der Waals surface area (Å²) in [7, 11) is 0. The van der Waals surface area contributed by atoms with Crippen molar-refractivity contribution in [1.29, 1.82) is 0 Å². The molecule has 230 valence electrons. The second-order valence-electron chi connectivity index (χ2n) is 11.6. The van der Waals surface area contributed by atoms with Crippen molar-refractivity contribution in [2.75, 3.05) is 19.6 Å². The van der Waals surface area contributed by atoms with E-state index in [1.54, 1.807) is 4.90 Å². The topological polar surface area (TPSA) is 105 Å². The highest BCUT2D eigenvalue weighted by Crippen LogP contribution is 2.38. The van der Waals surface area contributed by atoms with Crippen molar-refractivity contribution in [3.8, 4) is 11.4 Å². The Morgan fingerprint density at radius 2 is 1.86 bits per heavy atom. The molecule has 14 heteroatoms. The van der Waals surface area contributed by atoms with E-state index < -0.39 is 29.7 Å². The first kappa shape index (κ1) is 30.3. The van der Waals surface area contributed by atoms with Crippen molar-refractivity contribution < 1.29 is 31.5 Å². The Hall–Kier alpha value is -3.16. The van der Waals surface area contributed by atoms with Gasteiger partial charge >= 0.3 is 6.18 Å². The standard InChI is InChI=1S/C28H36F5N7O2/c29-27(30)12-5-14-39(17-27)15-11-19(16-22(41)35-18-6-3-7-18)36-26(42)24-37-25(40(38-24)20-8-1-2-9-20)21-10-4-13-34-23(21)28(31,32)33/h4,10,13,18-20H,1-3,5-9,11-12,14-17H2,(H,35,41)(H,36,42)/t19-/m0/s1. The Bertz CT molecular complexity index is 1260. The number of alkyl halides is 5. The smallest absolute Gasteiger partial charge is 0.353 e. The molecule has 2 aliphatic carbocycles. The predicted octanol–water partition coefficient (Wildman–Crippen LogP) is 4.75. The van der Waals surface area contributed by atoms with E-state index in [1.807, 2.05) is 0 Å². The van der Waals surface area contributed by atoms with E-state index in [-0.39, 0.29) is 67.6 Å². The molecule has 2 N–H and O–H groups in total. The van der Waals surface area contributed by atoms with Crippen molar-refractivity contribution in [3.63, 3.8) is 0 Å². The summed E-state index contributed by atoms with van der Waals surface area (Å²) < 4.78 is 70.8. The van der Waals surface area contributed by atoms with Gasteiger partial charge in [-0.15, -0.1) is 5.10 Å². The molecule has 0 spiro atoms. The summed E-state index contributed by atoms with van der Waals surface area (Å²) in [5.74, 6) is -4.20. The fourth-order valence-corrected chi connectivity index (χ4v) is 5.93. The molecule has 1 atom stereocenters. The molecule has 1 aliphatic heterocycles. The normalized spacial score (nSPS) is 20.7. The number of carbonyl (C=O) groups excluding carboxylic acids is 2. The van der Waals surface area contributed by atoms with E-state index in [0.717, 1.165) is 38.3 Å². The van der Waals surface area contributed by atoms with Crippen LogP contribution in [0.4, 0.5) is 22.0 Å². The van der Waals surface area contributed by atoms with Crippen molar-refractivity contribution in [2.24, 2.45) is 0 Å². The lowest BCUT2D eigenvalue weighted by Crippen LogP contribution is -2.47. The summed E-state index contributed by atoms with van der Waals surface area (Å²) in [5.41, 5.74) is -1.39. The number of carbonyl (C=O) groups is 2. The number of nitrogens with zero attached hydrogens (tertiary/aromatic N) is 5. The molecule has 3 fully saturated rings. The monoisotopic (exact) mass is 597 g/mol. The number of hydrogen-bond acceptors (Lipinski definition) is 6. The number of amides is 2. The summed E-state index contributed by atoms with van der Waals surface area (Å²) >= 11 is 0. The largest absolute Gasteiger partial charge is 0.434 e. The number of pyridine rings is 1. The van der Waals surface area contributed by atoms with Crippen molar-refractivity contribution >= 4 is 11.8 Å². The molecule has 3 aliphatic rings. The molecule has 5 rings (SSSR count). The number of nitrogens with one attached hydrogen (secondary N) is 2. The molecule has 0 aromatic carbocycles. The van der Waals surface area contributed by atoms with Gasteiger partial charge in [-0.05, 0) is 63.6 Å². The summed E-state index contributed by atoms with van der Waals surface area (Å²) in [6, 6.07) is 1.79. The lowest BCUT2D eigenvalue weighted by Gasteiger charge is -2.33. The van der Waals surface area contributed by atoms with Crippen molar-refractivity contribution in [3.05, 3.63) is 29.8 Å². The quantitative estimate of drug-likeness (QED) is 0.383. The average molecular weight is 598 g/mol. The minimum absolute atomic E-state index is 0.0660. The molecule has 2 aromatic rings. The number of hydrogen-bond donors (Lipinski definition) is 2. The molecular formula is C28H36F5N7O2. The van der Waals surface area contributed by atoms with Gasteiger partial charge in [-0.3, -0.25) is 19.5 Å². The second-order valence-corrected chi connectivity index (χ2v) is 11.6. The third-order valence-corrected chi connectivity index (χ3v) is 8.32. The number of likely N-dealkylation sites (tertiary alicyclic amines) is 1. The molecular weight excluding hydrogens is 561 g/mol. The molecule has 2 amide bonds. The maximum Gasteiger partial charge on any atom is 0.434 e. The second kappa shape index (κ2) is 12.6. The minimum Gasteiger partial charge on any atom is -0.353 e. The maximum atomic E-state index is 14.0. The summed E-state index contributed by atoms with van der Waals surface area (Å²) in [4.78, 5) is 35.6. The van der Waals surface area contributed by atoms with Crippen LogP contribution in [0.2, 0.25) is 0 Å². The van der Waals surface area contributed by atoms with Gasteiger partial charge in [0.2, 0.25) is 11.7 Å². The molecule has 9 nitrogen and oxygen atoms in total. The highest BCUT2D eigenvalue weighted by molar-refractivity contribution is 5.91. The molecule has 1 saturated heterocycles. The number of rotatable bonds is 10. The number of halogens is 5. The minimum atomic E-state index is -4.74. The third kappa shape index (κ3) is 7.42. The van der Waals surface area contributed by atoms with Gasteiger partial charge < -0.3 is 10.6 Å². The highest BCUT2D eigenvalue weighted by atomic mass is 19.4. The lowest BCUT2D eigenvalue weighted by molar-refractivity contribution is -0.140. The Labute approximate surface area is 240 Å². The van der Waals surface area contributed by atoms with E-state index in [1.165, 1.54) is 16.8 Å². The van der Waals surface area contributed by atoms with Crippen LogP contribution in [0.5, 0.6) is 0 Å². The first-order chi connectivity index (χ1) is 20.0. The Morgan fingerprint density at radius 1 is 1.10 bits per heavy atom. The van der Waals surface area contributed by atoms with Crippen LogP contribution in [0, 0.1) is 0 Å². The van der Waals surface area contributed by atoms with Crippen LogP contribution in [-0.4, -0.2) is 74.1 Å². The first-order valence-electron chi connectivity index (χ1n) is 14.7. The van der Waals surface area contributed by atoms with Crippen LogP contribution in [0.3, 0.4) is 0 Å². The molecule has 0 bridgehead atoms. The van der Waals surface area contributed by atoms with Crippen molar-refractivity contribution in [2.45, 2.75) is 101 Å². The lowest BCUT2D eigenvalue weighted by atomic mass is 9.93. The van der Waals surface area contributed by atoms with E-state index in [0.29, 0.717) is 25.8 Å². The van der Waals surface area contributed by atoms with Crippen LogP contribution in [0.1, 0.15) is 93.0 Å². The maximum absolute atomic E-state index is 14.0. The van der Waals surface area contributed by atoms with E-state index >= 15 is 0 Å². The summed E-state index contributed by atoms with van der Waals surface area (Å²) in [6.07, 6.45) is 2.56. The Kier molecular flexibility index (Phi) is 9.09.